The van der Waals surface area contributed by atoms with Crippen molar-refractivity contribution >= 4 is 22.7 Å². The van der Waals surface area contributed by atoms with Gasteiger partial charge in [0.2, 0.25) is 5.76 Å². The van der Waals surface area contributed by atoms with Crippen LogP contribution in [0, 0.1) is 0 Å². The second-order valence-corrected chi connectivity index (χ2v) is 4.44. The highest BCUT2D eigenvalue weighted by molar-refractivity contribution is 6.69. The Morgan fingerprint density at radius 1 is 1.12 bits per heavy atom. The second-order valence-electron chi connectivity index (χ2n) is 4.08. The van der Waals surface area contributed by atoms with Gasteiger partial charge in [0, 0.05) is 5.56 Å². The number of nitrogens with zero attached hydrogens (tertiary/aromatic N) is 1. The van der Waals surface area contributed by atoms with Crippen molar-refractivity contribution in [2.24, 2.45) is 5.16 Å². The van der Waals surface area contributed by atoms with E-state index >= 15 is 0 Å². The molecule has 0 saturated heterocycles. The first-order valence-electron chi connectivity index (χ1n) is 5.90. The lowest BCUT2D eigenvalue weighted by molar-refractivity contribution is -0.141. The SMILES string of the molecule is COC(=O)/C=C(\O/N=C(\Cl)c1ccc(C(F)(F)F)cc1)C(F)(F)F. The predicted molar refractivity (Wildman–Crippen MR) is 71.1 cm³/mol. The number of alkyl halides is 6. The number of oxime groups is 1. The lowest BCUT2D eigenvalue weighted by Crippen LogP contribution is -2.15. The van der Waals surface area contributed by atoms with Crippen molar-refractivity contribution in [1.29, 1.82) is 0 Å². The highest BCUT2D eigenvalue weighted by Crippen LogP contribution is 2.30. The third kappa shape index (κ3) is 5.76. The van der Waals surface area contributed by atoms with Gasteiger partial charge in [-0.25, -0.2) is 4.79 Å². The molecule has 0 aromatic heterocycles. The van der Waals surface area contributed by atoms with Gasteiger partial charge in [-0.2, -0.15) is 26.3 Å². The summed E-state index contributed by atoms with van der Waals surface area (Å²) in [5.41, 5.74) is -1.09. The van der Waals surface area contributed by atoms with Crippen LogP contribution in [0.3, 0.4) is 0 Å². The van der Waals surface area contributed by atoms with Crippen LogP contribution < -0.4 is 0 Å². The number of hydrogen-bond donors (Lipinski definition) is 0. The monoisotopic (exact) mass is 375 g/mol. The van der Waals surface area contributed by atoms with Gasteiger partial charge in [-0.15, -0.1) is 0 Å². The molecule has 0 aliphatic heterocycles. The van der Waals surface area contributed by atoms with Crippen molar-refractivity contribution < 1.29 is 40.7 Å². The van der Waals surface area contributed by atoms with E-state index in [0.29, 0.717) is 12.1 Å². The number of benzene rings is 1. The summed E-state index contributed by atoms with van der Waals surface area (Å²) in [5, 5.41) is 2.30. The standard InChI is InChI=1S/C13H8ClF6NO3/c1-23-10(22)6-9(13(18,19)20)24-21-11(14)7-2-4-8(5-3-7)12(15,16)17/h2-6H,1H3/b9-6-,21-11-. The van der Waals surface area contributed by atoms with E-state index in [1.807, 2.05) is 0 Å². The van der Waals surface area contributed by atoms with Crippen LogP contribution in [0.1, 0.15) is 11.1 Å². The Hall–Kier alpha value is -2.23. The summed E-state index contributed by atoms with van der Waals surface area (Å²) < 4.78 is 79.1. The lowest BCUT2D eigenvalue weighted by Gasteiger charge is -2.09. The van der Waals surface area contributed by atoms with Crippen LogP contribution in [0.5, 0.6) is 0 Å². The van der Waals surface area contributed by atoms with E-state index in [4.69, 9.17) is 11.6 Å². The van der Waals surface area contributed by atoms with Crippen LogP contribution in [0.15, 0.2) is 41.3 Å². The number of hydrogen-bond acceptors (Lipinski definition) is 4. The molecule has 0 aliphatic carbocycles. The fourth-order valence-electron chi connectivity index (χ4n) is 1.26. The van der Waals surface area contributed by atoms with E-state index in [2.05, 4.69) is 14.7 Å². The summed E-state index contributed by atoms with van der Waals surface area (Å²) in [6, 6.07) is 3.13. The van der Waals surface area contributed by atoms with Gasteiger partial charge in [0.15, 0.2) is 5.17 Å². The highest BCUT2D eigenvalue weighted by Gasteiger charge is 2.38. The number of ether oxygens (including phenoxy) is 1. The van der Waals surface area contributed by atoms with E-state index in [1.165, 1.54) is 0 Å². The first-order chi connectivity index (χ1) is 10.9. The molecule has 132 valence electrons. The number of halogens is 7. The minimum atomic E-state index is -5.06. The molecule has 0 amide bonds. The molecule has 0 aliphatic rings. The van der Waals surface area contributed by atoms with E-state index in [-0.39, 0.29) is 11.6 Å². The Morgan fingerprint density at radius 2 is 1.67 bits per heavy atom. The average molecular weight is 376 g/mol. The van der Waals surface area contributed by atoms with E-state index in [9.17, 15) is 31.1 Å². The number of esters is 1. The Kier molecular flexibility index (Phi) is 6.24. The molecule has 1 aromatic carbocycles. The first-order valence-corrected chi connectivity index (χ1v) is 6.28. The summed E-state index contributed by atoms with van der Waals surface area (Å²) in [4.78, 5) is 14.9. The molecule has 0 heterocycles. The Morgan fingerprint density at radius 3 is 2.08 bits per heavy atom. The maximum Gasteiger partial charge on any atom is 0.452 e. The number of carbonyl (C=O) groups excluding carboxylic acids is 1. The molecule has 0 N–H and O–H groups in total. The predicted octanol–water partition coefficient (Wildman–Crippen LogP) is 4.24. The third-order valence-electron chi connectivity index (χ3n) is 2.40. The second kappa shape index (κ2) is 7.56. The minimum Gasteiger partial charge on any atom is -0.466 e. The van der Waals surface area contributed by atoms with Gasteiger partial charge in [-0.1, -0.05) is 28.9 Å². The van der Waals surface area contributed by atoms with Crippen molar-refractivity contribution in [3.05, 3.63) is 47.2 Å². The molecule has 0 radical (unpaired) electrons. The zero-order chi connectivity index (χ0) is 18.5. The first kappa shape index (κ1) is 19.8. The van der Waals surface area contributed by atoms with Crippen LogP contribution in [-0.2, 0) is 20.5 Å². The van der Waals surface area contributed by atoms with Crippen molar-refractivity contribution in [2.45, 2.75) is 12.4 Å². The molecule has 0 fully saturated rings. The summed E-state index contributed by atoms with van der Waals surface area (Å²) in [6.45, 7) is 0. The van der Waals surface area contributed by atoms with Crippen molar-refractivity contribution in [3.63, 3.8) is 0 Å². The molecule has 1 aromatic rings. The van der Waals surface area contributed by atoms with Gasteiger partial charge >= 0.3 is 18.3 Å². The largest absolute Gasteiger partial charge is 0.466 e. The molecule has 1 rings (SSSR count). The summed E-state index contributed by atoms with van der Waals surface area (Å²) in [5.74, 6) is -3.15. The van der Waals surface area contributed by atoms with Crippen LogP contribution in [-0.4, -0.2) is 24.4 Å². The lowest BCUT2D eigenvalue weighted by atomic mass is 10.1. The maximum atomic E-state index is 12.6. The molecule has 0 saturated carbocycles. The van der Waals surface area contributed by atoms with Gasteiger partial charge < -0.3 is 9.57 Å². The maximum absolute atomic E-state index is 12.6. The van der Waals surface area contributed by atoms with Crippen LogP contribution >= 0.6 is 11.6 Å². The quantitative estimate of drug-likeness (QED) is 0.197. The Bertz CT molecular complexity index is 649. The summed E-state index contributed by atoms with van der Waals surface area (Å²) in [7, 11) is 0.852. The van der Waals surface area contributed by atoms with Crippen molar-refractivity contribution in [2.75, 3.05) is 7.11 Å². The van der Waals surface area contributed by atoms with Gasteiger partial charge in [0.25, 0.3) is 0 Å². The third-order valence-corrected chi connectivity index (χ3v) is 2.69. The van der Waals surface area contributed by atoms with E-state index in [1.54, 1.807) is 0 Å². The molecule has 4 nitrogen and oxygen atoms in total. The number of allylic oxidation sites excluding steroid dienone is 1. The Balaban J connectivity index is 2.99. The number of carbonyl (C=O) groups is 1. The Labute approximate surface area is 136 Å². The van der Waals surface area contributed by atoms with Crippen LogP contribution in [0.25, 0.3) is 0 Å². The average Bonchev–Trinajstić information content (AvgIpc) is 2.48. The molecular formula is C13H8ClF6NO3. The van der Waals surface area contributed by atoms with E-state index < -0.39 is 34.8 Å². The molecule has 11 heteroatoms. The van der Waals surface area contributed by atoms with E-state index in [0.717, 1.165) is 19.2 Å². The molecule has 0 spiro atoms. The van der Waals surface area contributed by atoms with Gasteiger partial charge in [0.1, 0.15) is 0 Å². The number of rotatable bonds is 4. The van der Waals surface area contributed by atoms with Crippen molar-refractivity contribution in [3.8, 4) is 0 Å². The van der Waals surface area contributed by atoms with Crippen LogP contribution in [0.2, 0.25) is 0 Å². The fraction of sp³-hybridized carbons (Fsp3) is 0.231. The topological polar surface area (TPSA) is 47.9 Å². The van der Waals surface area contributed by atoms with Gasteiger partial charge in [0.05, 0.1) is 18.7 Å². The zero-order valence-electron chi connectivity index (χ0n) is 11.7. The molecule has 24 heavy (non-hydrogen) atoms. The molecule has 0 bridgehead atoms. The zero-order valence-corrected chi connectivity index (χ0v) is 12.5. The van der Waals surface area contributed by atoms with Gasteiger partial charge in [-0.05, 0) is 12.1 Å². The number of methoxy groups -OCH3 is 1. The molecular weight excluding hydrogens is 368 g/mol. The molecule has 0 unspecified atom stereocenters. The van der Waals surface area contributed by atoms with Gasteiger partial charge in [-0.3, -0.25) is 0 Å². The van der Waals surface area contributed by atoms with Crippen molar-refractivity contribution in [1.82, 2.24) is 0 Å². The minimum absolute atomic E-state index is 0.000417. The summed E-state index contributed by atoms with van der Waals surface area (Å²) >= 11 is 5.57. The smallest absolute Gasteiger partial charge is 0.452 e. The normalized spacial score (nSPS) is 13.7. The highest BCUT2D eigenvalue weighted by atomic mass is 35.5. The summed E-state index contributed by atoms with van der Waals surface area (Å²) in [6.07, 6.45) is -9.64. The van der Waals surface area contributed by atoms with Crippen LogP contribution in [0.4, 0.5) is 26.3 Å². The fourth-order valence-corrected chi connectivity index (χ4v) is 1.43. The molecule has 0 atom stereocenters.